The molecule has 2 amide bonds. The number of hydrogen-bond donors (Lipinski definition) is 2. The van der Waals surface area contributed by atoms with E-state index in [-0.39, 0.29) is 25.0 Å². The number of anilines is 1. The van der Waals surface area contributed by atoms with Crippen molar-refractivity contribution in [2.75, 3.05) is 31.3 Å². The number of imidazole rings is 1. The van der Waals surface area contributed by atoms with Crippen LogP contribution in [0.3, 0.4) is 0 Å². The van der Waals surface area contributed by atoms with E-state index in [2.05, 4.69) is 15.3 Å². The number of aromatic amines is 1. The van der Waals surface area contributed by atoms with Crippen LogP contribution in [0.2, 0.25) is 5.02 Å². The van der Waals surface area contributed by atoms with Crippen LogP contribution in [-0.4, -0.2) is 48.1 Å². The fourth-order valence-electron chi connectivity index (χ4n) is 4.34. The third-order valence-electron chi connectivity index (χ3n) is 6.23. The van der Waals surface area contributed by atoms with Gasteiger partial charge < -0.3 is 24.7 Å². The molecule has 1 saturated heterocycles. The van der Waals surface area contributed by atoms with E-state index in [4.69, 9.17) is 21.1 Å². The number of morpholine rings is 1. The van der Waals surface area contributed by atoms with Crippen LogP contribution in [0.25, 0.3) is 11.0 Å². The number of benzene rings is 3. The molecule has 1 aliphatic rings. The van der Waals surface area contributed by atoms with Crippen molar-refractivity contribution in [3.63, 3.8) is 0 Å². The van der Waals surface area contributed by atoms with Crippen molar-refractivity contribution in [2.24, 2.45) is 0 Å². The highest BCUT2D eigenvalue weighted by atomic mass is 35.5. The Balaban J connectivity index is 1.35. The number of nitrogens with zero attached hydrogens (tertiary/aromatic N) is 2. The van der Waals surface area contributed by atoms with Crippen LogP contribution in [0, 0.1) is 6.92 Å². The Morgan fingerprint density at radius 1 is 1.19 bits per heavy atom. The van der Waals surface area contributed by atoms with Crippen molar-refractivity contribution in [3.8, 4) is 0 Å². The highest BCUT2D eigenvalue weighted by Gasteiger charge is 2.24. The Morgan fingerprint density at radius 3 is 2.81 bits per heavy atom. The third-order valence-corrected chi connectivity index (χ3v) is 6.46. The van der Waals surface area contributed by atoms with E-state index in [1.165, 1.54) is 0 Å². The quantitative estimate of drug-likeness (QED) is 0.356. The number of aromatic nitrogens is 2. The van der Waals surface area contributed by atoms with Crippen molar-refractivity contribution in [3.05, 3.63) is 94.3 Å². The summed E-state index contributed by atoms with van der Waals surface area (Å²) in [4.78, 5) is 35.2. The summed E-state index contributed by atoms with van der Waals surface area (Å²) in [7, 11) is 0. The number of hydrogen-bond acceptors (Lipinski definition) is 5. The lowest BCUT2D eigenvalue weighted by atomic mass is 10.1. The molecule has 0 saturated carbocycles. The van der Waals surface area contributed by atoms with Crippen molar-refractivity contribution in [1.82, 2.24) is 15.3 Å². The molecule has 1 aliphatic heterocycles. The molecule has 1 unspecified atom stereocenters. The van der Waals surface area contributed by atoms with Crippen LogP contribution in [0.15, 0.2) is 66.7 Å². The molecule has 8 nitrogen and oxygen atoms in total. The molecule has 2 heterocycles. The van der Waals surface area contributed by atoms with Gasteiger partial charge in [0.15, 0.2) is 0 Å². The van der Waals surface area contributed by atoms with E-state index >= 15 is 0 Å². The third kappa shape index (κ3) is 5.83. The molecule has 1 atom stereocenters. The first-order valence-corrected chi connectivity index (χ1v) is 12.4. The molecule has 37 heavy (non-hydrogen) atoms. The molecule has 1 fully saturated rings. The first kappa shape index (κ1) is 25.0. The van der Waals surface area contributed by atoms with E-state index in [1.54, 1.807) is 35.2 Å². The molecule has 5 rings (SSSR count). The van der Waals surface area contributed by atoms with Crippen LogP contribution in [-0.2, 0) is 20.9 Å². The second-order valence-electron chi connectivity index (χ2n) is 8.91. The van der Waals surface area contributed by atoms with Crippen molar-refractivity contribution < 1.29 is 19.1 Å². The zero-order valence-electron chi connectivity index (χ0n) is 20.4. The summed E-state index contributed by atoms with van der Waals surface area (Å²) in [5.41, 5.74) is 4.65. The van der Waals surface area contributed by atoms with E-state index in [0.29, 0.717) is 36.2 Å². The molecule has 1 aromatic heterocycles. The lowest BCUT2D eigenvalue weighted by Gasteiger charge is -2.28. The van der Waals surface area contributed by atoms with Gasteiger partial charge in [0.05, 0.1) is 30.9 Å². The van der Waals surface area contributed by atoms with Gasteiger partial charge in [-0.2, -0.15) is 0 Å². The second kappa shape index (κ2) is 11.1. The highest BCUT2D eigenvalue weighted by molar-refractivity contribution is 6.31. The van der Waals surface area contributed by atoms with Gasteiger partial charge in [-0.05, 0) is 54.4 Å². The standard InChI is InChI=1S/C28H27ClN4O4/c1-18-13-20(7-10-25(18)33-11-12-36-17-26(33)34)28(35)32-24(16-37-15-19-5-3-2-4-6-19)27-30-22-9-8-21(29)14-23(22)31-27/h2-10,13-14,24H,11-12,15-17H2,1H3,(H,30,31)(H,32,35). The van der Waals surface area contributed by atoms with Gasteiger partial charge in [0.2, 0.25) is 0 Å². The number of amides is 2. The number of halogens is 1. The van der Waals surface area contributed by atoms with Gasteiger partial charge in [-0.1, -0.05) is 41.9 Å². The molecule has 0 radical (unpaired) electrons. The van der Waals surface area contributed by atoms with E-state index in [0.717, 1.165) is 27.8 Å². The molecular weight excluding hydrogens is 492 g/mol. The maximum atomic E-state index is 13.3. The number of aryl methyl sites for hydroxylation is 1. The molecule has 0 spiro atoms. The Bertz CT molecular complexity index is 1420. The van der Waals surface area contributed by atoms with Crippen molar-refractivity contribution >= 4 is 40.1 Å². The maximum Gasteiger partial charge on any atom is 0.253 e. The molecular formula is C28H27ClN4O4. The summed E-state index contributed by atoms with van der Waals surface area (Å²) in [6.45, 7) is 3.55. The molecule has 0 bridgehead atoms. The predicted octanol–water partition coefficient (Wildman–Crippen LogP) is 4.58. The highest BCUT2D eigenvalue weighted by Crippen LogP contribution is 2.24. The van der Waals surface area contributed by atoms with Gasteiger partial charge in [-0.3, -0.25) is 9.59 Å². The average molecular weight is 519 g/mol. The zero-order valence-corrected chi connectivity index (χ0v) is 21.1. The van der Waals surface area contributed by atoms with E-state index in [9.17, 15) is 9.59 Å². The molecule has 0 aliphatic carbocycles. The Kier molecular flexibility index (Phi) is 7.50. The fraction of sp³-hybridized carbons (Fsp3) is 0.250. The van der Waals surface area contributed by atoms with Crippen LogP contribution < -0.4 is 10.2 Å². The Labute approximate surface area is 219 Å². The number of H-pyrrole nitrogens is 1. The Hall–Kier alpha value is -3.72. The number of carbonyl (C=O) groups is 2. The minimum Gasteiger partial charge on any atom is -0.374 e. The Morgan fingerprint density at radius 2 is 2.03 bits per heavy atom. The van der Waals surface area contributed by atoms with Gasteiger partial charge in [0.1, 0.15) is 18.5 Å². The lowest BCUT2D eigenvalue weighted by Crippen LogP contribution is -2.42. The normalized spacial score (nSPS) is 14.6. The first-order chi connectivity index (χ1) is 18.0. The van der Waals surface area contributed by atoms with Crippen LogP contribution in [0.5, 0.6) is 0 Å². The van der Waals surface area contributed by atoms with Gasteiger partial charge in [0.25, 0.3) is 11.8 Å². The SMILES string of the molecule is Cc1cc(C(=O)NC(COCc2ccccc2)c2nc3ccc(Cl)cc3[nH]2)ccc1N1CCOCC1=O. The summed E-state index contributed by atoms with van der Waals surface area (Å²) < 4.78 is 11.2. The minimum atomic E-state index is -0.525. The zero-order chi connectivity index (χ0) is 25.8. The van der Waals surface area contributed by atoms with Crippen molar-refractivity contribution in [1.29, 1.82) is 0 Å². The summed E-state index contributed by atoms with van der Waals surface area (Å²) >= 11 is 6.14. The van der Waals surface area contributed by atoms with Crippen LogP contribution in [0.4, 0.5) is 5.69 Å². The minimum absolute atomic E-state index is 0.0645. The molecule has 2 N–H and O–H groups in total. The monoisotopic (exact) mass is 518 g/mol. The molecule has 9 heteroatoms. The van der Waals surface area contributed by atoms with Crippen LogP contribution >= 0.6 is 11.6 Å². The number of nitrogens with one attached hydrogen (secondary N) is 2. The first-order valence-electron chi connectivity index (χ1n) is 12.0. The lowest BCUT2D eigenvalue weighted by molar-refractivity contribution is -0.125. The molecule has 4 aromatic rings. The maximum absolute atomic E-state index is 13.3. The summed E-state index contributed by atoms with van der Waals surface area (Å²) in [6, 6.07) is 20.0. The van der Waals surface area contributed by atoms with E-state index in [1.807, 2.05) is 43.3 Å². The number of rotatable bonds is 8. The largest absolute Gasteiger partial charge is 0.374 e. The fourth-order valence-corrected chi connectivity index (χ4v) is 4.51. The van der Waals surface area contributed by atoms with E-state index < -0.39 is 6.04 Å². The smallest absolute Gasteiger partial charge is 0.253 e. The van der Waals surface area contributed by atoms with Gasteiger partial charge in [-0.15, -0.1) is 0 Å². The summed E-state index contributed by atoms with van der Waals surface area (Å²) in [5.74, 6) is 0.216. The predicted molar refractivity (Wildman–Crippen MR) is 142 cm³/mol. The number of ether oxygens (including phenoxy) is 2. The van der Waals surface area contributed by atoms with Gasteiger partial charge in [0, 0.05) is 22.8 Å². The number of carbonyl (C=O) groups excluding carboxylic acids is 2. The van der Waals surface area contributed by atoms with Crippen LogP contribution in [0.1, 0.15) is 33.4 Å². The second-order valence-corrected chi connectivity index (χ2v) is 9.35. The van der Waals surface area contributed by atoms with Crippen molar-refractivity contribution in [2.45, 2.75) is 19.6 Å². The van der Waals surface area contributed by atoms with Gasteiger partial charge in [-0.25, -0.2) is 4.98 Å². The molecule has 190 valence electrons. The average Bonchev–Trinajstić information content (AvgIpc) is 3.32. The summed E-state index contributed by atoms with van der Waals surface area (Å²) in [6.07, 6.45) is 0. The molecule has 3 aromatic carbocycles. The number of fused-ring (bicyclic) bond motifs is 1. The topological polar surface area (TPSA) is 96.5 Å². The van der Waals surface area contributed by atoms with Gasteiger partial charge >= 0.3 is 0 Å². The summed E-state index contributed by atoms with van der Waals surface area (Å²) in [5, 5.41) is 3.65.